The second-order valence-corrected chi connectivity index (χ2v) is 3.30. The van der Waals surface area contributed by atoms with Crippen molar-refractivity contribution in [2.45, 2.75) is 27.7 Å². The standard InChI is InChI=1S/C12H17N/c1-6-9(3)13-10(4)8-12(7-2)11(13)5/h6-8H,2H2,1,3-5H3/b9-6+. The lowest BCUT2D eigenvalue weighted by atomic mass is 10.2. The fourth-order valence-electron chi connectivity index (χ4n) is 1.67. The van der Waals surface area contributed by atoms with Gasteiger partial charge in [0.1, 0.15) is 0 Å². The van der Waals surface area contributed by atoms with Crippen molar-refractivity contribution < 1.29 is 0 Å². The quantitative estimate of drug-likeness (QED) is 0.647. The molecule has 13 heavy (non-hydrogen) atoms. The summed E-state index contributed by atoms with van der Waals surface area (Å²) in [5.74, 6) is 0. The van der Waals surface area contributed by atoms with E-state index in [1.807, 2.05) is 6.08 Å². The van der Waals surface area contributed by atoms with Crippen LogP contribution in [0.4, 0.5) is 0 Å². The third-order valence-electron chi connectivity index (χ3n) is 2.46. The summed E-state index contributed by atoms with van der Waals surface area (Å²) >= 11 is 0. The van der Waals surface area contributed by atoms with Crippen LogP contribution in [0.2, 0.25) is 0 Å². The molecule has 0 saturated carbocycles. The molecule has 1 heteroatoms. The molecule has 0 saturated heterocycles. The number of hydrogen-bond donors (Lipinski definition) is 0. The van der Waals surface area contributed by atoms with Crippen LogP contribution < -0.4 is 0 Å². The fourth-order valence-corrected chi connectivity index (χ4v) is 1.67. The second kappa shape index (κ2) is 3.65. The van der Waals surface area contributed by atoms with Gasteiger partial charge in [-0.05, 0) is 39.3 Å². The molecule has 0 N–H and O–H groups in total. The summed E-state index contributed by atoms with van der Waals surface area (Å²) in [6.45, 7) is 12.2. The number of allylic oxidation sites excluding steroid dienone is 2. The van der Waals surface area contributed by atoms with Gasteiger partial charge in [-0.3, -0.25) is 0 Å². The maximum absolute atomic E-state index is 3.80. The average molecular weight is 175 g/mol. The van der Waals surface area contributed by atoms with Crippen molar-refractivity contribution in [3.05, 3.63) is 35.7 Å². The summed E-state index contributed by atoms with van der Waals surface area (Å²) in [5.41, 5.74) is 5.02. The van der Waals surface area contributed by atoms with Crippen LogP contribution in [0.15, 0.2) is 18.7 Å². The van der Waals surface area contributed by atoms with Crippen LogP contribution in [0.25, 0.3) is 11.8 Å². The number of aromatic nitrogens is 1. The van der Waals surface area contributed by atoms with Crippen LogP contribution in [-0.2, 0) is 0 Å². The highest BCUT2D eigenvalue weighted by atomic mass is 15.0. The first-order chi connectivity index (χ1) is 6.11. The van der Waals surface area contributed by atoms with Crippen molar-refractivity contribution in [1.82, 2.24) is 4.57 Å². The maximum Gasteiger partial charge on any atom is 0.0267 e. The van der Waals surface area contributed by atoms with Crippen molar-refractivity contribution in [3.8, 4) is 0 Å². The molecule has 0 aliphatic rings. The van der Waals surface area contributed by atoms with Gasteiger partial charge < -0.3 is 4.57 Å². The molecule has 1 heterocycles. The zero-order valence-electron chi connectivity index (χ0n) is 8.89. The third-order valence-corrected chi connectivity index (χ3v) is 2.46. The Kier molecular flexibility index (Phi) is 2.76. The van der Waals surface area contributed by atoms with Gasteiger partial charge in [0.25, 0.3) is 0 Å². The average Bonchev–Trinajstić information content (AvgIpc) is 2.40. The molecule has 0 bridgehead atoms. The van der Waals surface area contributed by atoms with E-state index in [4.69, 9.17) is 0 Å². The SMILES string of the molecule is C=Cc1cc(C)n(/C(C)=C/C)c1C. The smallest absolute Gasteiger partial charge is 0.0267 e. The zero-order valence-corrected chi connectivity index (χ0v) is 8.89. The molecule has 0 atom stereocenters. The lowest BCUT2D eigenvalue weighted by Gasteiger charge is -2.08. The van der Waals surface area contributed by atoms with Crippen molar-refractivity contribution in [3.63, 3.8) is 0 Å². The largest absolute Gasteiger partial charge is 0.322 e. The topological polar surface area (TPSA) is 4.93 Å². The highest BCUT2D eigenvalue weighted by molar-refractivity contribution is 5.57. The van der Waals surface area contributed by atoms with Gasteiger partial charge in [-0.15, -0.1) is 0 Å². The molecular weight excluding hydrogens is 158 g/mol. The lowest BCUT2D eigenvalue weighted by molar-refractivity contribution is 0.978. The first-order valence-electron chi connectivity index (χ1n) is 4.56. The summed E-state index contributed by atoms with van der Waals surface area (Å²) < 4.78 is 2.25. The molecule has 0 aliphatic carbocycles. The Balaban J connectivity index is 3.36. The van der Waals surface area contributed by atoms with E-state index in [-0.39, 0.29) is 0 Å². The van der Waals surface area contributed by atoms with Crippen molar-refractivity contribution in [2.75, 3.05) is 0 Å². The van der Waals surface area contributed by atoms with Gasteiger partial charge in [0.15, 0.2) is 0 Å². The normalized spacial score (nSPS) is 11.8. The van der Waals surface area contributed by atoms with Gasteiger partial charge >= 0.3 is 0 Å². The van der Waals surface area contributed by atoms with Gasteiger partial charge in [0.2, 0.25) is 0 Å². The van der Waals surface area contributed by atoms with Crippen molar-refractivity contribution >= 4 is 11.8 Å². The Morgan fingerprint density at radius 1 is 1.46 bits per heavy atom. The summed E-state index contributed by atoms with van der Waals surface area (Å²) in [4.78, 5) is 0. The predicted molar refractivity (Wildman–Crippen MR) is 59.6 cm³/mol. The fraction of sp³-hybridized carbons (Fsp3) is 0.333. The highest BCUT2D eigenvalue weighted by Gasteiger charge is 2.06. The first-order valence-corrected chi connectivity index (χ1v) is 4.56. The Morgan fingerprint density at radius 2 is 2.08 bits per heavy atom. The molecule has 70 valence electrons. The molecule has 0 amide bonds. The van der Waals surface area contributed by atoms with E-state index in [9.17, 15) is 0 Å². The summed E-state index contributed by atoms with van der Waals surface area (Å²) in [6, 6.07) is 2.16. The molecule has 1 rings (SSSR count). The van der Waals surface area contributed by atoms with Crippen LogP contribution >= 0.6 is 0 Å². The van der Waals surface area contributed by atoms with Gasteiger partial charge in [0.05, 0.1) is 0 Å². The molecule has 0 spiro atoms. The van der Waals surface area contributed by atoms with E-state index < -0.39 is 0 Å². The van der Waals surface area contributed by atoms with Gasteiger partial charge in [-0.1, -0.05) is 18.7 Å². The molecular formula is C12H17N. The van der Waals surface area contributed by atoms with Crippen LogP contribution in [-0.4, -0.2) is 4.57 Å². The van der Waals surface area contributed by atoms with E-state index in [1.54, 1.807) is 0 Å². The summed E-state index contributed by atoms with van der Waals surface area (Å²) in [6.07, 6.45) is 4.02. The minimum Gasteiger partial charge on any atom is -0.322 e. The molecule has 0 aromatic carbocycles. The lowest BCUT2D eigenvalue weighted by Crippen LogP contribution is -1.98. The van der Waals surface area contributed by atoms with Crippen LogP contribution in [0.1, 0.15) is 30.8 Å². The van der Waals surface area contributed by atoms with E-state index >= 15 is 0 Å². The summed E-state index contributed by atoms with van der Waals surface area (Å²) in [7, 11) is 0. The number of hydrogen-bond acceptors (Lipinski definition) is 0. The van der Waals surface area contributed by atoms with E-state index in [0.717, 1.165) is 0 Å². The Labute approximate surface area is 80.4 Å². The molecule has 1 nitrogen and oxygen atoms in total. The van der Waals surface area contributed by atoms with E-state index in [1.165, 1.54) is 22.6 Å². The second-order valence-electron chi connectivity index (χ2n) is 3.30. The van der Waals surface area contributed by atoms with Crippen LogP contribution in [0, 0.1) is 13.8 Å². The van der Waals surface area contributed by atoms with E-state index in [2.05, 4.69) is 51.0 Å². The van der Waals surface area contributed by atoms with Crippen molar-refractivity contribution in [1.29, 1.82) is 0 Å². The number of nitrogens with zero attached hydrogens (tertiary/aromatic N) is 1. The Hall–Kier alpha value is -1.24. The molecule has 0 unspecified atom stereocenters. The summed E-state index contributed by atoms with van der Waals surface area (Å²) in [5, 5.41) is 0. The first kappa shape index (κ1) is 9.85. The minimum absolute atomic E-state index is 1.22. The van der Waals surface area contributed by atoms with Gasteiger partial charge in [-0.2, -0.15) is 0 Å². The molecule has 0 radical (unpaired) electrons. The monoisotopic (exact) mass is 175 g/mol. The van der Waals surface area contributed by atoms with Gasteiger partial charge in [0, 0.05) is 17.1 Å². The number of aryl methyl sites for hydroxylation is 1. The van der Waals surface area contributed by atoms with Crippen LogP contribution in [0.3, 0.4) is 0 Å². The zero-order chi connectivity index (χ0) is 10.0. The molecule has 0 fully saturated rings. The van der Waals surface area contributed by atoms with Crippen LogP contribution in [0.5, 0.6) is 0 Å². The maximum atomic E-state index is 3.80. The number of rotatable bonds is 2. The Morgan fingerprint density at radius 3 is 2.46 bits per heavy atom. The third kappa shape index (κ3) is 1.59. The van der Waals surface area contributed by atoms with Gasteiger partial charge in [-0.25, -0.2) is 0 Å². The predicted octanol–water partition coefficient (Wildman–Crippen LogP) is 3.63. The molecule has 0 aliphatic heterocycles. The molecule has 1 aromatic rings. The highest BCUT2D eigenvalue weighted by Crippen LogP contribution is 2.20. The molecule has 1 aromatic heterocycles. The van der Waals surface area contributed by atoms with E-state index in [0.29, 0.717) is 0 Å². The minimum atomic E-state index is 1.22. The Bertz CT molecular complexity index is 353. The van der Waals surface area contributed by atoms with Crippen molar-refractivity contribution in [2.24, 2.45) is 0 Å².